The van der Waals surface area contributed by atoms with Crippen LogP contribution in [0.15, 0.2) is 83.6 Å². The molecular weight excluding hydrogens is 393 g/mol. The second-order valence-corrected chi connectivity index (χ2v) is 6.65. The Morgan fingerprint density at radius 3 is 2.50 bits per heavy atom. The van der Waals surface area contributed by atoms with Gasteiger partial charge in [-0.05, 0) is 35.9 Å². The Bertz CT molecular complexity index is 1110. The molecule has 0 radical (unpaired) electrons. The van der Waals surface area contributed by atoms with Crippen LogP contribution in [-0.2, 0) is 19.2 Å². The fourth-order valence-corrected chi connectivity index (χ4v) is 3.08. The van der Waals surface area contributed by atoms with Gasteiger partial charge in [-0.3, -0.25) is 4.98 Å². The molecule has 0 N–H and O–H groups in total. The van der Waals surface area contributed by atoms with E-state index in [-0.39, 0.29) is 6.61 Å². The van der Waals surface area contributed by atoms with Crippen molar-refractivity contribution in [3.05, 3.63) is 102 Å². The van der Waals surface area contributed by atoms with Gasteiger partial charge in [0.2, 0.25) is 0 Å². The molecule has 4 nitrogen and oxygen atoms in total. The molecule has 152 valence electrons. The van der Waals surface area contributed by atoms with Gasteiger partial charge in [0.1, 0.15) is 18.1 Å². The van der Waals surface area contributed by atoms with E-state index in [0.29, 0.717) is 34.8 Å². The van der Waals surface area contributed by atoms with Crippen molar-refractivity contribution in [2.24, 2.45) is 0 Å². The Labute approximate surface area is 170 Å². The standard InChI is InChI=1S/C23H17F3N2O2/c24-23(25,26)18-8-4-7-17(13-18)22-20(12-16-6-5-11-27-14-16)21(30-28-22)15-29-19-9-2-1-3-10-19/h1-11,13-14H,12,15H2. The Balaban J connectivity index is 1.70. The molecule has 0 saturated carbocycles. The molecular formula is C23H17F3N2O2. The van der Waals surface area contributed by atoms with Crippen LogP contribution in [-0.4, -0.2) is 10.1 Å². The quantitative estimate of drug-likeness (QED) is 0.396. The predicted molar refractivity (Wildman–Crippen MR) is 105 cm³/mol. The van der Waals surface area contributed by atoms with E-state index in [4.69, 9.17) is 9.26 Å². The van der Waals surface area contributed by atoms with E-state index in [0.717, 1.165) is 17.7 Å². The van der Waals surface area contributed by atoms with Crippen LogP contribution >= 0.6 is 0 Å². The first kappa shape index (κ1) is 19.7. The van der Waals surface area contributed by atoms with E-state index in [1.54, 1.807) is 24.5 Å². The maximum atomic E-state index is 13.2. The second kappa shape index (κ2) is 8.41. The van der Waals surface area contributed by atoms with Gasteiger partial charge in [-0.1, -0.05) is 41.6 Å². The number of alkyl halides is 3. The van der Waals surface area contributed by atoms with Gasteiger partial charge < -0.3 is 9.26 Å². The topological polar surface area (TPSA) is 48.2 Å². The molecule has 0 fully saturated rings. The molecule has 0 atom stereocenters. The van der Waals surface area contributed by atoms with Gasteiger partial charge >= 0.3 is 6.18 Å². The highest BCUT2D eigenvalue weighted by atomic mass is 19.4. The predicted octanol–water partition coefficient (Wildman–Crippen LogP) is 5.93. The van der Waals surface area contributed by atoms with Crippen LogP contribution in [0.3, 0.4) is 0 Å². The summed E-state index contributed by atoms with van der Waals surface area (Å²) in [4.78, 5) is 4.11. The molecule has 0 bridgehead atoms. The minimum Gasteiger partial charge on any atom is -0.486 e. The van der Waals surface area contributed by atoms with Gasteiger partial charge in [-0.25, -0.2) is 0 Å². The highest BCUT2D eigenvalue weighted by Gasteiger charge is 2.31. The molecule has 7 heteroatoms. The Morgan fingerprint density at radius 1 is 0.933 bits per heavy atom. The van der Waals surface area contributed by atoms with E-state index in [2.05, 4.69) is 10.1 Å². The van der Waals surface area contributed by atoms with Gasteiger partial charge in [0, 0.05) is 29.9 Å². The maximum absolute atomic E-state index is 13.2. The highest BCUT2D eigenvalue weighted by molar-refractivity contribution is 5.65. The van der Waals surface area contributed by atoms with Crippen molar-refractivity contribution in [2.45, 2.75) is 19.2 Å². The van der Waals surface area contributed by atoms with Crippen molar-refractivity contribution in [1.82, 2.24) is 10.1 Å². The molecule has 2 heterocycles. The lowest BCUT2D eigenvalue weighted by atomic mass is 9.99. The minimum absolute atomic E-state index is 0.103. The molecule has 2 aromatic heterocycles. The van der Waals surface area contributed by atoms with Crippen LogP contribution in [0.4, 0.5) is 13.2 Å². The minimum atomic E-state index is -4.44. The number of hydrogen-bond donors (Lipinski definition) is 0. The van der Waals surface area contributed by atoms with Crippen molar-refractivity contribution >= 4 is 0 Å². The second-order valence-electron chi connectivity index (χ2n) is 6.65. The third-order valence-electron chi connectivity index (χ3n) is 4.55. The number of benzene rings is 2. The molecule has 2 aromatic carbocycles. The zero-order chi connectivity index (χ0) is 21.0. The number of nitrogens with zero attached hydrogens (tertiary/aromatic N) is 2. The summed E-state index contributed by atoms with van der Waals surface area (Å²) in [6.45, 7) is 0.103. The average molecular weight is 410 g/mol. The molecule has 0 aliphatic carbocycles. The van der Waals surface area contributed by atoms with Gasteiger partial charge in [0.15, 0.2) is 5.76 Å². The van der Waals surface area contributed by atoms with Crippen LogP contribution in [0.5, 0.6) is 5.75 Å². The number of para-hydroxylation sites is 1. The summed E-state index contributed by atoms with van der Waals surface area (Å²) in [5.74, 6) is 1.11. The monoisotopic (exact) mass is 410 g/mol. The van der Waals surface area contributed by atoms with Crippen molar-refractivity contribution in [1.29, 1.82) is 0 Å². The number of pyridine rings is 1. The number of aromatic nitrogens is 2. The Morgan fingerprint density at radius 2 is 1.77 bits per heavy atom. The summed E-state index contributed by atoms with van der Waals surface area (Å²) < 4.78 is 50.8. The lowest BCUT2D eigenvalue weighted by Crippen LogP contribution is -2.05. The third kappa shape index (κ3) is 4.51. The summed E-state index contributed by atoms with van der Waals surface area (Å²) in [7, 11) is 0. The molecule has 0 aliphatic heterocycles. The normalized spacial score (nSPS) is 11.4. The van der Waals surface area contributed by atoms with Gasteiger partial charge in [0.25, 0.3) is 0 Å². The summed E-state index contributed by atoms with van der Waals surface area (Å²) in [5, 5.41) is 4.08. The third-order valence-corrected chi connectivity index (χ3v) is 4.55. The van der Waals surface area contributed by atoms with Crippen LogP contribution in [0.2, 0.25) is 0 Å². The van der Waals surface area contributed by atoms with Crippen LogP contribution < -0.4 is 4.74 Å². The number of hydrogen-bond acceptors (Lipinski definition) is 4. The zero-order valence-corrected chi connectivity index (χ0v) is 15.8. The van der Waals surface area contributed by atoms with Crippen molar-refractivity contribution in [3.63, 3.8) is 0 Å². The fraction of sp³-hybridized carbons (Fsp3) is 0.130. The van der Waals surface area contributed by atoms with Gasteiger partial charge in [-0.15, -0.1) is 0 Å². The van der Waals surface area contributed by atoms with Crippen LogP contribution in [0.25, 0.3) is 11.3 Å². The first-order chi connectivity index (χ1) is 14.5. The molecule has 4 aromatic rings. The molecule has 4 rings (SSSR count). The Kier molecular flexibility index (Phi) is 5.52. The van der Waals surface area contributed by atoms with Gasteiger partial charge in [0.05, 0.1) is 5.56 Å². The van der Waals surface area contributed by atoms with E-state index >= 15 is 0 Å². The van der Waals surface area contributed by atoms with Crippen molar-refractivity contribution < 1.29 is 22.4 Å². The van der Waals surface area contributed by atoms with E-state index < -0.39 is 11.7 Å². The zero-order valence-electron chi connectivity index (χ0n) is 15.8. The van der Waals surface area contributed by atoms with E-state index in [1.807, 2.05) is 36.4 Å². The smallest absolute Gasteiger partial charge is 0.416 e. The lowest BCUT2D eigenvalue weighted by Gasteiger charge is -2.09. The molecule has 0 saturated heterocycles. The molecule has 30 heavy (non-hydrogen) atoms. The number of halogens is 3. The average Bonchev–Trinajstić information content (AvgIpc) is 3.15. The first-order valence-electron chi connectivity index (χ1n) is 9.22. The fourth-order valence-electron chi connectivity index (χ4n) is 3.08. The van der Waals surface area contributed by atoms with Crippen molar-refractivity contribution in [2.75, 3.05) is 0 Å². The molecule has 0 unspecified atom stereocenters. The summed E-state index contributed by atoms with van der Waals surface area (Å²) in [5.41, 5.74) is 1.50. The first-order valence-corrected chi connectivity index (χ1v) is 9.22. The van der Waals surface area contributed by atoms with Crippen LogP contribution in [0.1, 0.15) is 22.5 Å². The summed E-state index contributed by atoms with van der Waals surface area (Å²) in [6, 6.07) is 17.9. The number of rotatable bonds is 6. The van der Waals surface area contributed by atoms with E-state index in [9.17, 15) is 13.2 Å². The molecule has 0 aliphatic rings. The molecule has 0 spiro atoms. The Hall–Kier alpha value is -3.61. The molecule has 0 amide bonds. The SMILES string of the molecule is FC(F)(F)c1cccc(-c2noc(COc3ccccc3)c2Cc2cccnc2)c1. The lowest BCUT2D eigenvalue weighted by molar-refractivity contribution is -0.137. The van der Waals surface area contributed by atoms with Crippen molar-refractivity contribution in [3.8, 4) is 17.0 Å². The highest BCUT2D eigenvalue weighted by Crippen LogP contribution is 2.34. The maximum Gasteiger partial charge on any atom is 0.416 e. The van der Waals surface area contributed by atoms with Crippen LogP contribution in [0, 0.1) is 0 Å². The largest absolute Gasteiger partial charge is 0.486 e. The van der Waals surface area contributed by atoms with Gasteiger partial charge in [-0.2, -0.15) is 13.2 Å². The number of ether oxygens (including phenoxy) is 1. The summed E-state index contributed by atoms with van der Waals surface area (Å²) in [6.07, 6.45) is -0.687. The summed E-state index contributed by atoms with van der Waals surface area (Å²) >= 11 is 0. The van der Waals surface area contributed by atoms with E-state index in [1.165, 1.54) is 6.07 Å².